The normalized spacial score (nSPS) is 11.6. The van der Waals surface area contributed by atoms with Crippen molar-refractivity contribution < 1.29 is 0 Å². The van der Waals surface area contributed by atoms with E-state index in [1.165, 1.54) is 0 Å². The maximum Gasteiger partial charge on any atom is 0.0410 e. The van der Waals surface area contributed by atoms with Gasteiger partial charge in [0.15, 0.2) is 0 Å². The van der Waals surface area contributed by atoms with Gasteiger partial charge < -0.3 is 5.73 Å². The van der Waals surface area contributed by atoms with Crippen LogP contribution in [0, 0.1) is 0 Å². The van der Waals surface area contributed by atoms with Gasteiger partial charge in [-0.1, -0.05) is 6.08 Å². The second-order valence-electron chi connectivity index (χ2n) is 2.91. The summed E-state index contributed by atoms with van der Waals surface area (Å²) in [6, 6.07) is 2.06. The van der Waals surface area contributed by atoms with E-state index in [0.29, 0.717) is 0 Å². The number of pyridine rings is 1. The summed E-state index contributed by atoms with van der Waals surface area (Å²) in [5, 5.41) is 0. The molecule has 0 radical (unpaired) electrons. The molecular formula is C10H14BrClN2. The first-order chi connectivity index (χ1) is 6.24. The van der Waals surface area contributed by atoms with Gasteiger partial charge in [0.1, 0.15) is 0 Å². The SMILES string of the molecule is C=CCC[C@@H](N)c1cncc(Br)c1.Cl. The standard InChI is InChI=1S/C10H13BrN2.ClH/c1-2-3-4-10(12)8-5-9(11)7-13-6-8;/h2,5-7,10H,1,3-4,12H2;1H/t10-;/m1./s1. The van der Waals surface area contributed by atoms with Crippen molar-refractivity contribution in [1.82, 2.24) is 4.98 Å². The third-order valence-corrected chi connectivity index (χ3v) is 2.27. The summed E-state index contributed by atoms with van der Waals surface area (Å²) in [7, 11) is 0. The van der Waals surface area contributed by atoms with Crippen LogP contribution >= 0.6 is 28.3 Å². The highest BCUT2D eigenvalue weighted by Gasteiger charge is 2.04. The van der Waals surface area contributed by atoms with Crippen molar-refractivity contribution >= 4 is 28.3 Å². The van der Waals surface area contributed by atoms with E-state index in [0.717, 1.165) is 22.9 Å². The molecule has 4 heteroatoms. The van der Waals surface area contributed by atoms with Gasteiger partial charge in [0, 0.05) is 22.9 Å². The molecule has 14 heavy (non-hydrogen) atoms. The quantitative estimate of drug-likeness (QED) is 0.858. The molecule has 0 fully saturated rings. The van der Waals surface area contributed by atoms with Crippen LogP contribution < -0.4 is 5.73 Å². The first-order valence-electron chi connectivity index (χ1n) is 4.21. The molecule has 2 N–H and O–H groups in total. The van der Waals surface area contributed by atoms with Crippen LogP contribution in [0.3, 0.4) is 0 Å². The first-order valence-corrected chi connectivity index (χ1v) is 5.00. The zero-order chi connectivity index (χ0) is 9.68. The molecule has 0 aromatic carbocycles. The molecule has 0 aliphatic carbocycles. The maximum atomic E-state index is 5.94. The number of hydrogen-bond donors (Lipinski definition) is 1. The van der Waals surface area contributed by atoms with Crippen molar-refractivity contribution in [3.63, 3.8) is 0 Å². The highest BCUT2D eigenvalue weighted by molar-refractivity contribution is 9.10. The highest BCUT2D eigenvalue weighted by atomic mass is 79.9. The minimum absolute atomic E-state index is 0. The fourth-order valence-corrected chi connectivity index (χ4v) is 1.48. The van der Waals surface area contributed by atoms with Gasteiger partial charge in [0.2, 0.25) is 0 Å². The van der Waals surface area contributed by atoms with E-state index < -0.39 is 0 Å². The summed E-state index contributed by atoms with van der Waals surface area (Å²) in [6.45, 7) is 3.66. The minimum Gasteiger partial charge on any atom is -0.324 e. The Labute approximate surface area is 99.1 Å². The zero-order valence-electron chi connectivity index (χ0n) is 7.82. The minimum atomic E-state index is 0. The summed E-state index contributed by atoms with van der Waals surface area (Å²) in [5.41, 5.74) is 7.01. The van der Waals surface area contributed by atoms with Crippen molar-refractivity contribution in [2.45, 2.75) is 18.9 Å². The van der Waals surface area contributed by atoms with Gasteiger partial charge in [-0.05, 0) is 40.4 Å². The lowest BCUT2D eigenvalue weighted by Crippen LogP contribution is -2.09. The molecular weight excluding hydrogens is 263 g/mol. The van der Waals surface area contributed by atoms with Crippen molar-refractivity contribution in [3.8, 4) is 0 Å². The maximum absolute atomic E-state index is 5.94. The van der Waals surface area contributed by atoms with E-state index in [1.807, 2.05) is 12.1 Å². The Morgan fingerprint density at radius 3 is 2.86 bits per heavy atom. The molecule has 0 saturated heterocycles. The lowest BCUT2D eigenvalue weighted by molar-refractivity contribution is 0.658. The number of nitrogens with two attached hydrogens (primary N) is 1. The van der Waals surface area contributed by atoms with Gasteiger partial charge in [-0.15, -0.1) is 19.0 Å². The summed E-state index contributed by atoms with van der Waals surface area (Å²) >= 11 is 3.36. The largest absolute Gasteiger partial charge is 0.324 e. The number of aromatic nitrogens is 1. The number of nitrogens with zero attached hydrogens (tertiary/aromatic N) is 1. The van der Waals surface area contributed by atoms with E-state index >= 15 is 0 Å². The predicted molar refractivity (Wildman–Crippen MR) is 65.5 cm³/mol. The van der Waals surface area contributed by atoms with Crippen LogP contribution in [0.1, 0.15) is 24.4 Å². The molecule has 1 aromatic heterocycles. The molecule has 0 spiro atoms. The first kappa shape index (κ1) is 13.6. The average molecular weight is 278 g/mol. The molecule has 1 atom stereocenters. The van der Waals surface area contributed by atoms with E-state index in [2.05, 4.69) is 27.5 Å². The molecule has 0 saturated carbocycles. The lowest BCUT2D eigenvalue weighted by atomic mass is 10.1. The molecule has 78 valence electrons. The molecule has 0 bridgehead atoms. The summed E-state index contributed by atoms with van der Waals surface area (Å²) in [5.74, 6) is 0. The number of halogens is 2. The second-order valence-corrected chi connectivity index (χ2v) is 3.82. The predicted octanol–water partition coefficient (Wildman–Crippen LogP) is 3.23. The Morgan fingerprint density at radius 2 is 2.29 bits per heavy atom. The van der Waals surface area contributed by atoms with Crippen LogP contribution in [0.5, 0.6) is 0 Å². The Bertz CT molecular complexity index is 291. The van der Waals surface area contributed by atoms with E-state index in [-0.39, 0.29) is 18.4 Å². The zero-order valence-corrected chi connectivity index (χ0v) is 10.2. The fraction of sp³-hybridized carbons (Fsp3) is 0.300. The molecule has 1 rings (SSSR count). The summed E-state index contributed by atoms with van der Waals surface area (Å²) in [6.07, 6.45) is 7.29. The number of allylic oxidation sites excluding steroid dienone is 1. The van der Waals surface area contributed by atoms with Crippen LogP contribution in [0.15, 0.2) is 35.6 Å². The van der Waals surface area contributed by atoms with Gasteiger partial charge in [-0.3, -0.25) is 4.98 Å². The van der Waals surface area contributed by atoms with E-state index in [9.17, 15) is 0 Å². The Kier molecular flexibility index (Phi) is 6.79. The Morgan fingerprint density at radius 1 is 1.57 bits per heavy atom. The van der Waals surface area contributed by atoms with Crippen molar-refractivity contribution in [2.24, 2.45) is 5.73 Å². The molecule has 0 unspecified atom stereocenters. The van der Waals surface area contributed by atoms with Crippen molar-refractivity contribution in [1.29, 1.82) is 0 Å². The number of hydrogen-bond acceptors (Lipinski definition) is 2. The van der Waals surface area contributed by atoms with E-state index in [4.69, 9.17) is 5.73 Å². The van der Waals surface area contributed by atoms with Gasteiger partial charge in [-0.25, -0.2) is 0 Å². The number of rotatable bonds is 4. The van der Waals surface area contributed by atoms with Gasteiger partial charge >= 0.3 is 0 Å². The molecule has 0 amide bonds. The van der Waals surface area contributed by atoms with E-state index in [1.54, 1.807) is 12.4 Å². The van der Waals surface area contributed by atoms with Crippen LogP contribution in [0.4, 0.5) is 0 Å². The third-order valence-electron chi connectivity index (χ3n) is 1.84. The van der Waals surface area contributed by atoms with Crippen LogP contribution in [-0.2, 0) is 0 Å². The smallest absolute Gasteiger partial charge is 0.0410 e. The van der Waals surface area contributed by atoms with Crippen molar-refractivity contribution in [2.75, 3.05) is 0 Å². The second kappa shape index (κ2) is 6.98. The third kappa shape index (κ3) is 4.22. The Balaban J connectivity index is 0.00000169. The lowest BCUT2D eigenvalue weighted by Gasteiger charge is -2.09. The van der Waals surface area contributed by atoms with Gasteiger partial charge in [0.05, 0.1) is 0 Å². The molecule has 1 aromatic rings. The average Bonchev–Trinajstić information content (AvgIpc) is 2.14. The summed E-state index contributed by atoms with van der Waals surface area (Å²) in [4.78, 5) is 4.06. The van der Waals surface area contributed by atoms with Crippen LogP contribution in [0.2, 0.25) is 0 Å². The van der Waals surface area contributed by atoms with Gasteiger partial charge in [0.25, 0.3) is 0 Å². The molecule has 0 aliphatic rings. The van der Waals surface area contributed by atoms with Crippen molar-refractivity contribution in [3.05, 3.63) is 41.2 Å². The van der Waals surface area contributed by atoms with Crippen LogP contribution in [0.25, 0.3) is 0 Å². The van der Waals surface area contributed by atoms with Gasteiger partial charge in [-0.2, -0.15) is 0 Å². The monoisotopic (exact) mass is 276 g/mol. The molecule has 0 aliphatic heterocycles. The summed E-state index contributed by atoms with van der Waals surface area (Å²) < 4.78 is 0.971. The Hall–Kier alpha value is -0.380. The highest BCUT2D eigenvalue weighted by Crippen LogP contribution is 2.18. The fourth-order valence-electron chi connectivity index (χ4n) is 1.10. The van der Waals surface area contributed by atoms with Crippen LogP contribution in [-0.4, -0.2) is 4.98 Å². The molecule has 1 heterocycles. The molecule has 2 nitrogen and oxygen atoms in total. The topological polar surface area (TPSA) is 38.9 Å².